The number of hydrogen-bond donors (Lipinski definition) is 1. The van der Waals surface area contributed by atoms with Crippen molar-refractivity contribution in [3.05, 3.63) is 101 Å². The number of ether oxygens (including phenoxy) is 2. The predicted molar refractivity (Wildman–Crippen MR) is 161 cm³/mol. The lowest BCUT2D eigenvalue weighted by molar-refractivity contribution is 0.0942. The van der Waals surface area contributed by atoms with Crippen molar-refractivity contribution in [2.45, 2.75) is 19.5 Å². The molecule has 1 aromatic heterocycles. The van der Waals surface area contributed by atoms with Crippen LogP contribution in [-0.4, -0.2) is 62.7 Å². The average molecular weight is 553 g/mol. The number of anilines is 1. The Bertz CT molecular complexity index is 1560. The molecule has 4 aromatic rings. The maximum absolute atomic E-state index is 14.1. The molecular formula is C33H36N4O4. The molecule has 0 saturated heterocycles. The Hall–Kier alpha value is -4.56. The van der Waals surface area contributed by atoms with E-state index in [0.29, 0.717) is 36.6 Å². The smallest absolute Gasteiger partial charge is 0.267 e. The second-order valence-electron chi connectivity index (χ2n) is 10.4. The van der Waals surface area contributed by atoms with Crippen molar-refractivity contribution in [2.75, 3.05) is 46.3 Å². The lowest BCUT2D eigenvalue weighted by Crippen LogP contribution is -2.31. The van der Waals surface area contributed by atoms with Crippen LogP contribution in [0, 0.1) is 0 Å². The van der Waals surface area contributed by atoms with Crippen LogP contribution in [0.3, 0.4) is 0 Å². The van der Waals surface area contributed by atoms with E-state index >= 15 is 0 Å². The largest absolute Gasteiger partial charge is 0.497 e. The number of nitrogens with zero attached hydrogens (tertiary/aromatic N) is 3. The number of carbonyl (C=O) groups is 2. The van der Waals surface area contributed by atoms with Gasteiger partial charge in [-0.05, 0) is 86.7 Å². The third kappa shape index (κ3) is 5.98. The highest BCUT2D eigenvalue weighted by Crippen LogP contribution is 2.35. The van der Waals surface area contributed by atoms with Crippen LogP contribution in [0.2, 0.25) is 0 Å². The summed E-state index contributed by atoms with van der Waals surface area (Å²) < 4.78 is 13.1. The fraction of sp³-hybridized carbons (Fsp3) is 0.273. The zero-order chi connectivity index (χ0) is 28.9. The van der Waals surface area contributed by atoms with Gasteiger partial charge in [0, 0.05) is 29.1 Å². The summed E-state index contributed by atoms with van der Waals surface area (Å²) in [5.41, 5.74) is 5.61. The van der Waals surface area contributed by atoms with Crippen LogP contribution in [0.15, 0.2) is 78.9 Å². The molecule has 8 heteroatoms. The Labute approximate surface area is 241 Å². The molecule has 5 rings (SSSR count). The molecule has 0 atom stereocenters. The number of para-hydroxylation sites is 1. The number of benzene rings is 3. The lowest BCUT2D eigenvalue weighted by Gasteiger charge is -2.23. The molecule has 1 N–H and O–H groups in total. The third-order valence-corrected chi connectivity index (χ3v) is 7.38. The Balaban J connectivity index is 1.44. The van der Waals surface area contributed by atoms with Gasteiger partial charge < -0.3 is 29.2 Å². The van der Waals surface area contributed by atoms with Gasteiger partial charge in [0.05, 0.1) is 27.3 Å². The van der Waals surface area contributed by atoms with E-state index in [1.54, 1.807) is 25.2 Å². The molecule has 0 aliphatic carbocycles. The average Bonchev–Trinajstić information content (AvgIpc) is 3.31. The van der Waals surface area contributed by atoms with Gasteiger partial charge in [-0.3, -0.25) is 9.59 Å². The molecule has 0 fully saturated rings. The molecule has 41 heavy (non-hydrogen) atoms. The minimum absolute atomic E-state index is 0.106. The van der Waals surface area contributed by atoms with Crippen LogP contribution in [-0.2, 0) is 13.1 Å². The van der Waals surface area contributed by atoms with Gasteiger partial charge in [-0.1, -0.05) is 30.3 Å². The number of fused-ring (bicyclic) bond motifs is 2. The van der Waals surface area contributed by atoms with Gasteiger partial charge in [0.25, 0.3) is 11.8 Å². The highest BCUT2D eigenvalue weighted by atomic mass is 16.5. The molecule has 0 saturated carbocycles. The van der Waals surface area contributed by atoms with E-state index in [4.69, 9.17) is 9.47 Å². The highest BCUT2D eigenvalue weighted by Gasteiger charge is 2.28. The standard InChI is InChI=1S/C33H36N4O4/c1-35(2)18-8-17-34-32(38)30-16-14-26-22-37(29-12-6-5-9-25(29)21-36(26)30)33(39)24-13-15-28(31(20-24)41-4)23-10-7-11-27(19-23)40-3/h5-7,9-16,19-20H,8,17-18,21-22H2,1-4H3,(H,34,38). The zero-order valence-corrected chi connectivity index (χ0v) is 24.0. The summed E-state index contributed by atoms with van der Waals surface area (Å²) in [5.74, 6) is 1.10. The van der Waals surface area contributed by atoms with Gasteiger partial charge in [-0.25, -0.2) is 0 Å². The van der Waals surface area contributed by atoms with Gasteiger partial charge in [0.1, 0.15) is 17.2 Å². The summed E-state index contributed by atoms with van der Waals surface area (Å²) in [4.78, 5) is 31.0. The van der Waals surface area contributed by atoms with Crippen molar-refractivity contribution in [3.8, 4) is 22.6 Å². The van der Waals surface area contributed by atoms with Crippen molar-refractivity contribution >= 4 is 17.5 Å². The second-order valence-corrected chi connectivity index (χ2v) is 10.4. The lowest BCUT2D eigenvalue weighted by atomic mass is 10.0. The SMILES string of the molecule is COc1cccc(-c2ccc(C(=O)N3Cc4ccc(C(=O)NCCCN(C)C)n4Cc4ccccc43)cc2OC)c1. The number of aromatic nitrogens is 1. The summed E-state index contributed by atoms with van der Waals surface area (Å²) in [6.07, 6.45) is 0.873. The van der Waals surface area contributed by atoms with E-state index in [9.17, 15) is 9.59 Å². The van der Waals surface area contributed by atoms with Gasteiger partial charge in [0.15, 0.2) is 0 Å². The van der Waals surface area contributed by atoms with E-state index in [1.165, 1.54) is 0 Å². The van der Waals surface area contributed by atoms with Crippen LogP contribution in [0.4, 0.5) is 5.69 Å². The van der Waals surface area contributed by atoms with Crippen molar-refractivity contribution in [1.82, 2.24) is 14.8 Å². The summed E-state index contributed by atoms with van der Waals surface area (Å²) in [5, 5.41) is 3.04. The van der Waals surface area contributed by atoms with E-state index < -0.39 is 0 Å². The Morgan fingerprint density at radius 3 is 2.51 bits per heavy atom. The summed E-state index contributed by atoms with van der Waals surface area (Å²) >= 11 is 0. The van der Waals surface area contributed by atoms with Gasteiger partial charge in [-0.2, -0.15) is 0 Å². The Kier molecular flexibility index (Phi) is 8.40. The molecule has 2 heterocycles. The summed E-state index contributed by atoms with van der Waals surface area (Å²) in [6.45, 7) is 2.35. The van der Waals surface area contributed by atoms with Crippen LogP contribution in [0.5, 0.6) is 11.5 Å². The molecule has 0 bridgehead atoms. The monoisotopic (exact) mass is 552 g/mol. The molecule has 212 valence electrons. The fourth-order valence-electron chi connectivity index (χ4n) is 5.24. The first-order valence-corrected chi connectivity index (χ1v) is 13.7. The topological polar surface area (TPSA) is 76.0 Å². The van der Waals surface area contributed by atoms with Crippen LogP contribution < -0.4 is 19.7 Å². The highest BCUT2D eigenvalue weighted by molar-refractivity contribution is 6.07. The quantitative estimate of drug-likeness (QED) is 0.294. The number of methoxy groups -OCH3 is 2. The first-order chi connectivity index (χ1) is 19.9. The molecular weight excluding hydrogens is 516 g/mol. The maximum atomic E-state index is 14.1. The van der Waals surface area contributed by atoms with E-state index in [1.807, 2.05) is 91.5 Å². The summed E-state index contributed by atoms with van der Waals surface area (Å²) in [7, 11) is 7.28. The fourth-order valence-corrected chi connectivity index (χ4v) is 5.24. The van der Waals surface area contributed by atoms with E-state index in [0.717, 1.165) is 46.8 Å². The number of hydrogen-bond acceptors (Lipinski definition) is 5. The number of rotatable bonds is 9. The zero-order valence-electron chi connectivity index (χ0n) is 24.0. The number of nitrogens with one attached hydrogen (secondary N) is 1. The molecule has 8 nitrogen and oxygen atoms in total. The second kappa shape index (κ2) is 12.3. The Morgan fingerprint density at radius 2 is 1.73 bits per heavy atom. The van der Waals surface area contributed by atoms with Gasteiger partial charge >= 0.3 is 0 Å². The van der Waals surface area contributed by atoms with Crippen molar-refractivity contribution in [2.24, 2.45) is 0 Å². The van der Waals surface area contributed by atoms with Crippen molar-refractivity contribution in [3.63, 3.8) is 0 Å². The molecule has 1 aliphatic heterocycles. The minimum atomic E-state index is -0.141. The normalized spacial score (nSPS) is 12.4. The molecule has 1 aliphatic rings. The van der Waals surface area contributed by atoms with Crippen LogP contribution in [0.1, 0.15) is 38.5 Å². The van der Waals surface area contributed by atoms with Crippen LogP contribution in [0.25, 0.3) is 11.1 Å². The van der Waals surface area contributed by atoms with E-state index in [2.05, 4.69) is 10.2 Å². The first kappa shape index (κ1) is 28.0. The van der Waals surface area contributed by atoms with Gasteiger partial charge in [0.2, 0.25) is 0 Å². The molecule has 3 aromatic carbocycles. The third-order valence-electron chi connectivity index (χ3n) is 7.38. The molecule has 0 unspecified atom stereocenters. The first-order valence-electron chi connectivity index (χ1n) is 13.7. The van der Waals surface area contributed by atoms with E-state index in [-0.39, 0.29) is 11.8 Å². The van der Waals surface area contributed by atoms with Crippen LogP contribution >= 0.6 is 0 Å². The molecule has 0 radical (unpaired) electrons. The minimum Gasteiger partial charge on any atom is -0.497 e. The van der Waals surface area contributed by atoms with Gasteiger partial charge in [-0.15, -0.1) is 0 Å². The molecule has 2 amide bonds. The number of amides is 2. The van der Waals surface area contributed by atoms with Crippen molar-refractivity contribution in [1.29, 1.82) is 0 Å². The van der Waals surface area contributed by atoms with Crippen molar-refractivity contribution < 1.29 is 19.1 Å². The maximum Gasteiger partial charge on any atom is 0.267 e. The summed E-state index contributed by atoms with van der Waals surface area (Å²) in [6, 6.07) is 24.9. The molecule has 0 spiro atoms. The number of carbonyl (C=O) groups excluding carboxylic acids is 2. The Morgan fingerprint density at radius 1 is 0.902 bits per heavy atom. The predicted octanol–water partition coefficient (Wildman–Crippen LogP) is 5.06.